The Morgan fingerprint density at radius 3 is 2.43 bits per heavy atom. The average molecular weight is 378 g/mol. The van der Waals surface area contributed by atoms with Crippen molar-refractivity contribution in [1.82, 2.24) is 4.90 Å². The van der Waals surface area contributed by atoms with Crippen molar-refractivity contribution in [3.8, 4) is 0 Å². The first-order valence-corrected chi connectivity index (χ1v) is 7.61. The van der Waals surface area contributed by atoms with Gasteiger partial charge in [0, 0.05) is 7.05 Å². The summed E-state index contributed by atoms with van der Waals surface area (Å²) in [6, 6.07) is 0.683. The molecule has 1 unspecified atom stereocenters. The predicted molar refractivity (Wildman–Crippen MR) is 83.6 cm³/mol. The lowest BCUT2D eigenvalue weighted by atomic mass is 10.0. The predicted octanol–water partition coefficient (Wildman–Crippen LogP) is 2.18. The number of anilines is 1. The number of carbonyl (C=O) groups excluding carboxylic acids is 2. The number of nitrogens with two attached hydrogens (primary N) is 1. The molecule has 1 heterocycles. The number of halogens is 1. The van der Waals surface area contributed by atoms with E-state index in [1.54, 1.807) is 19.9 Å². The van der Waals surface area contributed by atoms with Crippen molar-refractivity contribution >= 4 is 50.9 Å². The Balaban J connectivity index is 3.03. The van der Waals surface area contributed by atoms with Crippen molar-refractivity contribution in [3.05, 3.63) is 14.7 Å². The van der Waals surface area contributed by atoms with E-state index in [0.717, 1.165) is 16.2 Å². The van der Waals surface area contributed by atoms with Crippen LogP contribution in [0.3, 0.4) is 0 Å². The van der Waals surface area contributed by atoms with Crippen LogP contribution in [0.25, 0.3) is 0 Å². The lowest BCUT2D eigenvalue weighted by Crippen LogP contribution is -2.47. The maximum Gasteiger partial charge on any atom is 0.407 e. The monoisotopic (exact) mass is 377 g/mol. The Bertz CT molecular complexity index is 573. The summed E-state index contributed by atoms with van der Waals surface area (Å²) in [5.41, 5.74) is 5.51. The summed E-state index contributed by atoms with van der Waals surface area (Å²) in [6.07, 6.45) is -1.20. The van der Waals surface area contributed by atoms with Gasteiger partial charge < -0.3 is 16.2 Å². The smallest absolute Gasteiger partial charge is 0.407 e. The summed E-state index contributed by atoms with van der Waals surface area (Å²) in [5.74, 6) is -1.40. The number of carbonyl (C=O) groups is 3. The minimum Gasteiger partial charge on any atom is -0.465 e. The topological polar surface area (TPSA) is 113 Å². The molecule has 116 valence electrons. The van der Waals surface area contributed by atoms with Crippen molar-refractivity contribution in [2.24, 2.45) is 11.7 Å². The average Bonchev–Trinajstić information content (AvgIpc) is 2.69. The molecule has 9 heteroatoms. The molecule has 0 saturated heterocycles. The van der Waals surface area contributed by atoms with Gasteiger partial charge in [0.05, 0.1) is 9.47 Å². The van der Waals surface area contributed by atoms with Crippen molar-refractivity contribution in [2.75, 3.05) is 12.4 Å². The minimum absolute atomic E-state index is 0.204. The van der Waals surface area contributed by atoms with Crippen LogP contribution >= 0.6 is 27.3 Å². The SMILES string of the molecule is CC(C)C(C(=O)Nc1cc(Br)sc1C(N)=O)N(C)C(=O)O. The van der Waals surface area contributed by atoms with Crippen LogP contribution in [0.1, 0.15) is 23.5 Å². The molecular formula is C12H16BrN3O4S. The van der Waals surface area contributed by atoms with E-state index in [2.05, 4.69) is 21.2 Å². The molecule has 0 aliphatic heterocycles. The number of nitrogens with zero attached hydrogens (tertiary/aromatic N) is 1. The first-order valence-electron chi connectivity index (χ1n) is 6.00. The van der Waals surface area contributed by atoms with Gasteiger partial charge in [-0.05, 0) is 27.9 Å². The second-order valence-corrected chi connectivity index (χ2v) is 7.16. The van der Waals surface area contributed by atoms with Gasteiger partial charge in [0.15, 0.2) is 0 Å². The summed E-state index contributed by atoms with van der Waals surface area (Å²) in [6.45, 7) is 3.48. The molecule has 1 aromatic heterocycles. The van der Waals surface area contributed by atoms with Gasteiger partial charge in [-0.15, -0.1) is 11.3 Å². The molecule has 1 aromatic rings. The molecule has 1 atom stereocenters. The Morgan fingerprint density at radius 2 is 2.00 bits per heavy atom. The van der Waals surface area contributed by atoms with E-state index in [1.807, 2.05) is 0 Å². The number of nitrogens with one attached hydrogen (secondary N) is 1. The summed E-state index contributed by atoms with van der Waals surface area (Å²) < 4.78 is 0.638. The van der Waals surface area contributed by atoms with E-state index >= 15 is 0 Å². The summed E-state index contributed by atoms with van der Waals surface area (Å²) >= 11 is 4.31. The maximum absolute atomic E-state index is 12.3. The normalized spacial score (nSPS) is 12.0. The molecule has 0 bridgehead atoms. The van der Waals surface area contributed by atoms with Crippen LogP contribution in [0.4, 0.5) is 10.5 Å². The number of amides is 3. The third-order valence-electron chi connectivity index (χ3n) is 2.80. The zero-order valence-corrected chi connectivity index (χ0v) is 14.1. The molecule has 4 N–H and O–H groups in total. The molecule has 0 radical (unpaired) electrons. The lowest BCUT2D eigenvalue weighted by Gasteiger charge is -2.27. The fraction of sp³-hybridized carbons (Fsp3) is 0.417. The maximum atomic E-state index is 12.3. The quantitative estimate of drug-likeness (QED) is 0.729. The van der Waals surface area contributed by atoms with Gasteiger partial charge in [-0.25, -0.2) is 4.79 Å². The second-order valence-electron chi connectivity index (χ2n) is 4.73. The van der Waals surface area contributed by atoms with Crippen molar-refractivity contribution in [1.29, 1.82) is 0 Å². The zero-order valence-electron chi connectivity index (χ0n) is 11.7. The number of thiophene rings is 1. The van der Waals surface area contributed by atoms with Crippen LogP contribution in [0.15, 0.2) is 9.85 Å². The van der Waals surface area contributed by atoms with Crippen molar-refractivity contribution in [3.63, 3.8) is 0 Å². The van der Waals surface area contributed by atoms with Crippen LogP contribution < -0.4 is 11.1 Å². The molecule has 21 heavy (non-hydrogen) atoms. The molecule has 0 aliphatic rings. The van der Waals surface area contributed by atoms with Crippen LogP contribution in [-0.4, -0.2) is 41.0 Å². The van der Waals surface area contributed by atoms with Gasteiger partial charge in [0.1, 0.15) is 10.9 Å². The minimum atomic E-state index is -1.20. The highest BCUT2D eigenvalue weighted by Crippen LogP contribution is 2.31. The molecular weight excluding hydrogens is 362 g/mol. The van der Waals surface area contributed by atoms with E-state index in [1.165, 1.54) is 7.05 Å². The molecule has 0 aromatic carbocycles. The highest BCUT2D eigenvalue weighted by atomic mass is 79.9. The van der Waals surface area contributed by atoms with Gasteiger partial charge in [-0.2, -0.15) is 0 Å². The molecule has 7 nitrogen and oxygen atoms in total. The van der Waals surface area contributed by atoms with Gasteiger partial charge in [-0.1, -0.05) is 13.8 Å². The fourth-order valence-corrected chi connectivity index (χ4v) is 3.30. The molecule has 0 aliphatic carbocycles. The van der Waals surface area contributed by atoms with Crippen molar-refractivity contribution in [2.45, 2.75) is 19.9 Å². The van der Waals surface area contributed by atoms with Crippen LogP contribution in [0.5, 0.6) is 0 Å². The van der Waals surface area contributed by atoms with E-state index in [9.17, 15) is 14.4 Å². The zero-order chi connectivity index (χ0) is 16.3. The lowest BCUT2D eigenvalue weighted by molar-refractivity contribution is -0.121. The van der Waals surface area contributed by atoms with E-state index in [-0.39, 0.29) is 16.5 Å². The number of hydrogen-bond acceptors (Lipinski definition) is 4. The third-order valence-corrected chi connectivity index (χ3v) is 4.46. The van der Waals surface area contributed by atoms with E-state index in [0.29, 0.717) is 3.79 Å². The van der Waals surface area contributed by atoms with E-state index < -0.39 is 23.9 Å². The fourth-order valence-electron chi connectivity index (χ4n) is 1.89. The van der Waals surface area contributed by atoms with Gasteiger partial charge >= 0.3 is 6.09 Å². The Hall–Kier alpha value is -1.61. The van der Waals surface area contributed by atoms with E-state index in [4.69, 9.17) is 10.8 Å². The number of rotatable bonds is 5. The standard InChI is InChI=1S/C12H16BrN3O4S/c1-5(2)8(16(3)12(19)20)11(18)15-6-4-7(13)21-9(6)10(14)17/h4-5,8H,1-3H3,(H2,14,17)(H,15,18)(H,19,20). The molecule has 0 spiro atoms. The summed E-state index contributed by atoms with van der Waals surface area (Å²) in [5, 5.41) is 11.6. The number of carboxylic acid groups (broad SMARTS) is 1. The van der Waals surface area contributed by atoms with Crippen molar-refractivity contribution < 1.29 is 19.5 Å². The molecule has 0 fully saturated rings. The van der Waals surface area contributed by atoms with Gasteiger partial charge in [0.2, 0.25) is 5.91 Å². The van der Waals surface area contributed by atoms with Crippen LogP contribution in [-0.2, 0) is 4.79 Å². The number of primary amides is 1. The molecule has 1 rings (SSSR count). The Labute approximate surface area is 134 Å². The summed E-state index contributed by atoms with van der Waals surface area (Å²) in [7, 11) is 1.32. The van der Waals surface area contributed by atoms with Crippen LogP contribution in [0, 0.1) is 5.92 Å². The number of likely N-dealkylation sites (N-methyl/N-ethyl adjacent to an activating group) is 1. The van der Waals surface area contributed by atoms with Gasteiger partial charge in [0.25, 0.3) is 5.91 Å². The second kappa shape index (κ2) is 6.90. The highest BCUT2D eigenvalue weighted by Gasteiger charge is 2.30. The van der Waals surface area contributed by atoms with Gasteiger partial charge in [-0.3, -0.25) is 14.5 Å². The summed E-state index contributed by atoms with van der Waals surface area (Å²) in [4.78, 5) is 35.8. The number of hydrogen-bond donors (Lipinski definition) is 3. The van der Waals surface area contributed by atoms with Crippen LogP contribution in [0.2, 0.25) is 0 Å². The first kappa shape index (κ1) is 17.4. The Kier molecular flexibility index (Phi) is 5.73. The highest BCUT2D eigenvalue weighted by molar-refractivity contribution is 9.11. The first-order chi connectivity index (χ1) is 9.65. The Morgan fingerprint density at radius 1 is 1.43 bits per heavy atom. The third kappa shape index (κ3) is 4.18. The molecule has 3 amide bonds. The largest absolute Gasteiger partial charge is 0.465 e. The molecule has 0 saturated carbocycles.